The summed E-state index contributed by atoms with van der Waals surface area (Å²) >= 11 is 0. The Kier molecular flexibility index (Phi) is 4.57. The molecule has 1 heterocycles. The molecule has 1 aliphatic heterocycles. The van der Waals surface area contributed by atoms with Gasteiger partial charge in [0.05, 0.1) is 6.07 Å². The molecule has 0 aliphatic carbocycles. The van der Waals surface area contributed by atoms with Gasteiger partial charge >= 0.3 is 0 Å². The number of rotatable bonds is 5. The van der Waals surface area contributed by atoms with Gasteiger partial charge in [0, 0.05) is 13.1 Å². The largest absolute Gasteiger partial charge is 0.309 e. The molecule has 0 amide bonds. The lowest BCUT2D eigenvalue weighted by atomic mass is 9.92. The molecule has 2 atom stereocenters. The van der Waals surface area contributed by atoms with Crippen molar-refractivity contribution in [2.45, 2.75) is 31.7 Å². The summed E-state index contributed by atoms with van der Waals surface area (Å²) in [5.41, 5.74) is 6.34. The summed E-state index contributed by atoms with van der Waals surface area (Å²) in [5.74, 6) is 0.781. The van der Waals surface area contributed by atoms with Gasteiger partial charge in [-0.1, -0.05) is 43.7 Å². The van der Waals surface area contributed by atoms with Gasteiger partial charge < -0.3 is 5.73 Å². The third kappa shape index (κ3) is 3.34. The number of hydrogen-bond donors (Lipinski definition) is 1. The fraction of sp³-hybridized carbons (Fsp3) is 0.562. The number of likely N-dealkylation sites (tertiary alicyclic amines) is 1. The monoisotopic (exact) mass is 257 g/mol. The van der Waals surface area contributed by atoms with Gasteiger partial charge in [-0.3, -0.25) is 4.90 Å². The maximum Gasteiger partial charge on any atom is 0.142 e. The summed E-state index contributed by atoms with van der Waals surface area (Å²) in [6.07, 6.45) is 3.76. The topological polar surface area (TPSA) is 53.0 Å². The second-order valence-corrected chi connectivity index (χ2v) is 5.63. The maximum atomic E-state index is 9.47. The molecule has 1 fully saturated rings. The number of nitrogens with two attached hydrogens (primary N) is 1. The second kappa shape index (κ2) is 6.18. The van der Waals surface area contributed by atoms with E-state index in [-0.39, 0.29) is 0 Å². The lowest BCUT2D eigenvalue weighted by molar-refractivity contribution is 0.271. The quantitative estimate of drug-likeness (QED) is 0.881. The minimum Gasteiger partial charge on any atom is -0.309 e. The molecule has 102 valence electrons. The summed E-state index contributed by atoms with van der Waals surface area (Å²) in [6, 6.07) is 12.0. The summed E-state index contributed by atoms with van der Waals surface area (Å²) in [7, 11) is 0. The standard InChI is InChI=1S/C16H23N3/c1-2-6-14-9-10-19(11-14)13-16(18,12-17)15-7-4-3-5-8-15/h3-5,7-8,14H,2,6,9-11,13,18H2,1H3. The molecule has 0 saturated carbocycles. The van der Waals surface area contributed by atoms with E-state index >= 15 is 0 Å². The Balaban J connectivity index is 2.03. The first-order valence-corrected chi connectivity index (χ1v) is 7.16. The Morgan fingerprint density at radius 1 is 1.42 bits per heavy atom. The van der Waals surface area contributed by atoms with Gasteiger partial charge in [-0.2, -0.15) is 5.26 Å². The van der Waals surface area contributed by atoms with Crippen molar-refractivity contribution in [3.63, 3.8) is 0 Å². The van der Waals surface area contributed by atoms with Crippen molar-refractivity contribution in [1.82, 2.24) is 4.90 Å². The van der Waals surface area contributed by atoms with Gasteiger partial charge in [-0.15, -0.1) is 0 Å². The highest BCUT2D eigenvalue weighted by molar-refractivity contribution is 5.31. The summed E-state index contributed by atoms with van der Waals surface area (Å²) in [6.45, 7) is 5.02. The molecule has 0 bridgehead atoms. The molecule has 0 spiro atoms. The van der Waals surface area contributed by atoms with E-state index in [2.05, 4.69) is 17.9 Å². The van der Waals surface area contributed by atoms with E-state index < -0.39 is 5.54 Å². The molecule has 19 heavy (non-hydrogen) atoms. The van der Waals surface area contributed by atoms with E-state index in [0.29, 0.717) is 6.54 Å². The van der Waals surface area contributed by atoms with Crippen molar-refractivity contribution in [3.05, 3.63) is 35.9 Å². The van der Waals surface area contributed by atoms with Crippen LogP contribution in [0.2, 0.25) is 0 Å². The van der Waals surface area contributed by atoms with Gasteiger partial charge in [0.2, 0.25) is 0 Å². The SMILES string of the molecule is CCCC1CCN(CC(N)(C#N)c2ccccc2)C1. The van der Waals surface area contributed by atoms with Crippen molar-refractivity contribution in [3.8, 4) is 6.07 Å². The Bertz CT molecular complexity index is 437. The highest BCUT2D eigenvalue weighted by Gasteiger charge is 2.32. The third-order valence-electron chi connectivity index (χ3n) is 4.03. The first kappa shape index (κ1) is 14.0. The molecule has 2 rings (SSSR count). The van der Waals surface area contributed by atoms with Gasteiger partial charge in [0.25, 0.3) is 0 Å². The minimum absolute atomic E-state index is 0.633. The fourth-order valence-corrected chi connectivity index (χ4v) is 2.98. The molecule has 1 aromatic rings. The van der Waals surface area contributed by atoms with Gasteiger partial charge in [-0.25, -0.2) is 0 Å². The van der Waals surface area contributed by atoms with Crippen molar-refractivity contribution < 1.29 is 0 Å². The molecule has 0 aromatic heterocycles. The smallest absolute Gasteiger partial charge is 0.142 e. The van der Waals surface area contributed by atoms with Gasteiger partial charge in [0.1, 0.15) is 5.54 Å². The molecule has 2 unspecified atom stereocenters. The minimum atomic E-state index is -0.887. The summed E-state index contributed by atoms with van der Waals surface area (Å²) in [4.78, 5) is 2.34. The van der Waals surface area contributed by atoms with Crippen LogP contribution in [0.3, 0.4) is 0 Å². The zero-order valence-corrected chi connectivity index (χ0v) is 11.7. The highest BCUT2D eigenvalue weighted by Crippen LogP contribution is 2.25. The van der Waals surface area contributed by atoms with Crippen LogP contribution in [-0.4, -0.2) is 24.5 Å². The third-order valence-corrected chi connectivity index (χ3v) is 4.03. The second-order valence-electron chi connectivity index (χ2n) is 5.63. The van der Waals surface area contributed by atoms with Crippen molar-refractivity contribution in [1.29, 1.82) is 5.26 Å². The molecule has 3 nitrogen and oxygen atoms in total. The van der Waals surface area contributed by atoms with E-state index in [0.717, 1.165) is 24.6 Å². The van der Waals surface area contributed by atoms with E-state index in [1.165, 1.54) is 19.3 Å². The molecule has 1 saturated heterocycles. The van der Waals surface area contributed by atoms with E-state index in [4.69, 9.17) is 5.73 Å². The fourth-order valence-electron chi connectivity index (χ4n) is 2.98. The lowest BCUT2D eigenvalue weighted by Gasteiger charge is -2.28. The highest BCUT2D eigenvalue weighted by atomic mass is 15.2. The molecule has 0 radical (unpaired) electrons. The van der Waals surface area contributed by atoms with Crippen LogP contribution in [0.4, 0.5) is 0 Å². The average molecular weight is 257 g/mol. The molecule has 3 heteroatoms. The average Bonchev–Trinajstić information content (AvgIpc) is 2.87. The Morgan fingerprint density at radius 3 is 2.79 bits per heavy atom. The zero-order chi connectivity index (χ0) is 13.7. The molecular weight excluding hydrogens is 234 g/mol. The Labute approximate surface area is 116 Å². The first-order chi connectivity index (χ1) is 9.18. The number of hydrogen-bond acceptors (Lipinski definition) is 3. The van der Waals surface area contributed by atoms with Gasteiger partial charge in [-0.05, 0) is 30.9 Å². The van der Waals surface area contributed by atoms with Crippen LogP contribution in [0, 0.1) is 17.2 Å². The van der Waals surface area contributed by atoms with Crippen molar-refractivity contribution in [2.24, 2.45) is 11.7 Å². The molecular formula is C16H23N3. The van der Waals surface area contributed by atoms with Crippen LogP contribution in [0.5, 0.6) is 0 Å². The first-order valence-electron chi connectivity index (χ1n) is 7.16. The van der Waals surface area contributed by atoms with E-state index in [9.17, 15) is 5.26 Å². The van der Waals surface area contributed by atoms with Crippen molar-refractivity contribution >= 4 is 0 Å². The predicted molar refractivity (Wildman–Crippen MR) is 77.4 cm³/mol. The Morgan fingerprint density at radius 2 is 2.16 bits per heavy atom. The number of nitrogens with zero attached hydrogens (tertiary/aromatic N) is 2. The maximum absolute atomic E-state index is 9.47. The number of benzene rings is 1. The normalized spacial score (nSPS) is 22.9. The van der Waals surface area contributed by atoms with Gasteiger partial charge in [0.15, 0.2) is 0 Å². The number of nitriles is 1. The van der Waals surface area contributed by atoms with E-state index in [1.54, 1.807) is 0 Å². The molecule has 2 N–H and O–H groups in total. The van der Waals surface area contributed by atoms with Crippen LogP contribution in [0.1, 0.15) is 31.7 Å². The van der Waals surface area contributed by atoms with Crippen LogP contribution >= 0.6 is 0 Å². The summed E-state index contributed by atoms with van der Waals surface area (Å²) in [5, 5.41) is 9.47. The van der Waals surface area contributed by atoms with Crippen LogP contribution in [-0.2, 0) is 5.54 Å². The lowest BCUT2D eigenvalue weighted by Crippen LogP contribution is -2.46. The van der Waals surface area contributed by atoms with Crippen molar-refractivity contribution in [2.75, 3.05) is 19.6 Å². The van der Waals surface area contributed by atoms with E-state index in [1.807, 2.05) is 30.3 Å². The molecule has 1 aromatic carbocycles. The van der Waals surface area contributed by atoms with Crippen LogP contribution < -0.4 is 5.73 Å². The molecule has 1 aliphatic rings. The predicted octanol–water partition coefficient (Wildman–Crippen LogP) is 2.49. The van der Waals surface area contributed by atoms with Crippen LogP contribution in [0.15, 0.2) is 30.3 Å². The zero-order valence-electron chi connectivity index (χ0n) is 11.7. The van der Waals surface area contributed by atoms with Crippen LogP contribution in [0.25, 0.3) is 0 Å². The summed E-state index contributed by atoms with van der Waals surface area (Å²) < 4.78 is 0. The Hall–Kier alpha value is -1.37.